The van der Waals surface area contributed by atoms with Crippen molar-refractivity contribution >= 4 is 23.2 Å². The SMILES string of the molecule is CCN1CCCN2c3cc(Cl)ccc3CC2C1=O. The molecule has 1 atom stereocenters. The number of hydrogen-bond donors (Lipinski definition) is 0. The number of likely N-dealkylation sites (N-methyl/N-ethyl adjacent to an activating group) is 1. The molecule has 1 aromatic rings. The van der Waals surface area contributed by atoms with Crippen LogP contribution < -0.4 is 4.90 Å². The van der Waals surface area contributed by atoms with Gasteiger partial charge in [0.05, 0.1) is 0 Å². The van der Waals surface area contributed by atoms with Crippen LogP contribution >= 0.6 is 11.6 Å². The van der Waals surface area contributed by atoms with Gasteiger partial charge in [-0.25, -0.2) is 0 Å². The van der Waals surface area contributed by atoms with E-state index < -0.39 is 0 Å². The molecule has 1 saturated heterocycles. The smallest absolute Gasteiger partial charge is 0.245 e. The van der Waals surface area contributed by atoms with Crippen LogP contribution in [-0.4, -0.2) is 36.5 Å². The van der Waals surface area contributed by atoms with Gasteiger partial charge in [-0.3, -0.25) is 4.79 Å². The molecule has 0 saturated carbocycles. The van der Waals surface area contributed by atoms with E-state index in [0.29, 0.717) is 0 Å². The van der Waals surface area contributed by atoms with Gasteiger partial charge in [-0.1, -0.05) is 17.7 Å². The van der Waals surface area contributed by atoms with Crippen LogP contribution in [0.25, 0.3) is 0 Å². The Morgan fingerprint density at radius 2 is 2.22 bits per heavy atom. The number of anilines is 1. The predicted molar refractivity (Wildman–Crippen MR) is 73.2 cm³/mol. The highest BCUT2D eigenvalue weighted by atomic mass is 35.5. The van der Waals surface area contributed by atoms with E-state index in [9.17, 15) is 4.79 Å². The number of hydrogen-bond acceptors (Lipinski definition) is 2. The minimum atomic E-state index is -0.0130. The third-order valence-electron chi connectivity index (χ3n) is 3.95. The zero-order chi connectivity index (χ0) is 12.7. The van der Waals surface area contributed by atoms with Gasteiger partial charge in [0, 0.05) is 36.8 Å². The Labute approximate surface area is 112 Å². The predicted octanol–water partition coefficient (Wildman–Crippen LogP) is 2.32. The summed E-state index contributed by atoms with van der Waals surface area (Å²) in [4.78, 5) is 16.7. The maximum atomic E-state index is 12.5. The van der Waals surface area contributed by atoms with Crippen LogP contribution in [0.4, 0.5) is 5.69 Å². The summed E-state index contributed by atoms with van der Waals surface area (Å²) < 4.78 is 0. The Kier molecular flexibility index (Phi) is 2.94. The highest BCUT2D eigenvalue weighted by molar-refractivity contribution is 6.30. The summed E-state index contributed by atoms with van der Waals surface area (Å²) in [5.74, 6) is 0.266. The van der Waals surface area contributed by atoms with Crippen LogP contribution in [-0.2, 0) is 11.2 Å². The number of fused-ring (bicyclic) bond motifs is 3. The van der Waals surface area contributed by atoms with Crippen molar-refractivity contribution in [2.75, 3.05) is 24.5 Å². The zero-order valence-electron chi connectivity index (χ0n) is 10.5. The Bertz CT molecular complexity index is 489. The minimum absolute atomic E-state index is 0.0130. The fourth-order valence-electron chi connectivity index (χ4n) is 3.03. The highest BCUT2D eigenvalue weighted by Gasteiger charge is 2.38. The van der Waals surface area contributed by atoms with E-state index in [4.69, 9.17) is 11.6 Å². The van der Waals surface area contributed by atoms with E-state index in [1.165, 1.54) is 5.56 Å². The topological polar surface area (TPSA) is 23.6 Å². The van der Waals surface area contributed by atoms with E-state index in [-0.39, 0.29) is 11.9 Å². The second kappa shape index (κ2) is 4.47. The molecule has 0 spiro atoms. The first-order valence-corrected chi connectivity index (χ1v) is 6.92. The monoisotopic (exact) mass is 264 g/mol. The van der Waals surface area contributed by atoms with Crippen molar-refractivity contribution in [2.45, 2.75) is 25.8 Å². The van der Waals surface area contributed by atoms with Gasteiger partial charge < -0.3 is 9.80 Å². The van der Waals surface area contributed by atoms with Crippen LogP contribution in [0.1, 0.15) is 18.9 Å². The number of nitrogens with zero attached hydrogens (tertiary/aromatic N) is 2. The molecule has 1 amide bonds. The van der Waals surface area contributed by atoms with Crippen LogP contribution in [0.3, 0.4) is 0 Å². The second-order valence-corrected chi connectivity index (χ2v) is 5.39. The van der Waals surface area contributed by atoms with Crippen molar-refractivity contribution in [3.05, 3.63) is 28.8 Å². The number of halogens is 1. The van der Waals surface area contributed by atoms with Gasteiger partial charge >= 0.3 is 0 Å². The van der Waals surface area contributed by atoms with E-state index in [0.717, 1.165) is 43.2 Å². The normalized spacial score (nSPS) is 22.8. The fourth-order valence-corrected chi connectivity index (χ4v) is 3.19. The molecule has 0 N–H and O–H groups in total. The molecule has 3 nitrogen and oxygen atoms in total. The van der Waals surface area contributed by atoms with Gasteiger partial charge in [0.15, 0.2) is 0 Å². The number of rotatable bonds is 1. The van der Waals surface area contributed by atoms with Gasteiger partial charge in [-0.05, 0) is 31.0 Å². The van der Waals surface area contributed by atoms with Crippen LogP contribution in [0.2, 0.25) is 5.02 Å². The van der Waals surface area contributed by atoms with Crippen molar-refractivity contribution in [3.8, 4) is 0 Å². The largest absolute Gasteiger partial charge is 0.359 e. The van der Waals surface area contributed by atoms with E-state index >= 15 is 0 Å². The summed E-state index contributed by atoms with van der Waals surface area (Å²) in [5.41, 5.74) is 2.40. The molecule has 2 aliphatic heterocycles. The molecular formula is C14H17ClN2O. The van der Waals surface area contributed by atoms with Crippen molar-refractivity contribution < 1.29 is 4.79 Å². The summed E-state index contributed by atoms with van der Waals surface area (Å²) in [5, 5.41) is 0.749. The maximum Gasteiger partial charge on any atom is 0.245 e. The molecule has 2 heterocycles. The molecule has 2 aliphatic rings. The maximum absolute atomic E-state index is 12.5. The molecule has 1 unspecified atom stereocenters. The molecule has 3 rings (SSSR count). The average Bonchev–Trinajstić information content (AvgIpc) is 2.64. The Hall–Kier alpha value is -1.22. The Morgan fingerprint density at radius 1 is 1.39 bits per heavy atom. The van der Waals surface area contributed by atoms with Crippen LogP contribution in [0, 0.1) is 0 Å². The molecule has 96 valence electrons. The van der Waals surface area contributed by atoms with Gasteiger partial charge in [-0.2, -0.15) is 0 Å². The summed E-state index contributed by atoms with van der Waals surface area (Å²) in [6.45, 7) is 4.67. The Morgan fingerprint density at radius 3 is 3.00 bits per heavy atom. The third-order valence-corrected chi connectivity index (χ3v) is 4.19. The van der Waals surface area contributed by atoms with E-state index in [2.05, 4.69) is 11.0 Å². The molecule has 0 aliphatic carbocycles. The first-order valence-electron chi connectivity index (χ1n) is 6.54. The molecule has 0 aromatic heterocycles. The lowest BCUT2D eigenvalue weighted by molar-refractivity contribution is -0.131. The molecule has 18 heavy (non-hydrogen) atoms. The van der Waals surface area contributed by atoms with Gasteiger partial charge in [0.1, 0.15) is 6.04 Å². The zero-order valence-corrected chi connectivity index (χ0v) is 11.3. The fraction of sp³-hybridized carbons (Fsp3) is 0.500. The van der Waals surface area contributed by atoms with Crippen molar-refractivity contribution in [3.63, 3.8) is 0 Å². The highest BCUT2D eigenvalue weighted by Crippen LogP contribution is 2.36. The minimum Gasteiger partial charge on any atom is -0.359 e. The summed E-state index contributed by atoms with van der Waals surface area (Å²) >= 11 is 6.07. The quantitative estimate of drug-likeness (QED) is 0.777. The molecule has 0 radical (unpaired) electrons. The molecule has 1 aromatic carbocycles. The molecular weight excluding hydrogens is 248 g/mol. The summed E-state index contributed by atoms with van der Waals surface area (Å²) in [6.07, 6.45) is 1.85. The lowest BCUT2D eigenvalue weighted by Gasteiger charge is -2.26. The molecule has 4 heteroatoms. The molecule has 0 bridgehead atoms. The van der Waals surface area contributed by atoms with Crippen LogP contribution in [0.15, 0.2) is 18.2 Å². The van der Waals surface area contributed by atoms with E-state index in [1.54, 1.807) is 0 Å². The van der Waals surface area contributed by atoms with Crippen molar-refractivity contribution in [1.82, 2.24) is 4.90 Å². The lowest BCUT2D eigenvalue weighted by Crippen LogP contribution is -2.44. The van der Waals surface area contributed by atoms with Crippen molar-refractivity contribution in [2.24, 2.45) is 0 Å². The third kappa shape index (κ3) is 1.77. The number of carbonyl (C=O) groups excluding carboxylic acids is 1. The average molecular weight is 265 g/mol. The summed E-state index contributed by atoms with van der Waals surface area (Å²) in [7, 11) is 0. The van der Waals surface area contributed by atoms with Crippen LogP contribution in [0.5, 0.6) is 0 Å². The second-order valence-electron chi connectivity index (χ2n) is 4.96. The van der Waals surface area contributed by atoms with Crippen molar-refractivity contribution in [1.29, 1.82) is 0 Å². The summed E-state index contributed by atoms with van der Waals surface area (Å²) in [6, 6.07) is 5.94. The number of carbonyl (C=O) groups is 1. The molecule has 1 fully saturated rings. The Balaban J connectivity index is 1.97. The van der Waals surface area contributed by atoms with E-state index in [1.807, 2.05) is 24.0 Å². The lowest BCUT2D eigenvalue weighted by atomic mass is 10.1. The first kappa shape index (κ1) is 11.8. The van der Waals surface area contributed by atoms with Gasteiger partial charge in [0.2, 0.25) is 5.91 Å². The standard InChI is InChI=1S/C14H17ClN2O/c1-2-16-6-3-7-17-12-9-11(15)5-4-10(12)8-13(17)14(16)18/h4-5,9,13H,2-3,6-8H2,1H3. The van der Waals surface area contributed by atoms with Gasteiger partial charge in [-0.15, -0.1) is 0 Å². The number of amides is 1. The first-order chi connectivity index (χ1) is 8.70. The number of benzene rings is 1. The van der Waals surface area contributed by atoms with Gasteiger partial charge in [0.25, 0.3) is 0 Å².